The first-order valence-electron chi connectivity index (χ1n) is 7.74. The molecule has 1 aliphatic rings. The molecule has 0 aliphatic carbocycles. The predicted molar refractivity (Wildman–Crippen MR) is 93.9 cm³/mol. The maximum Gasteiger partial charge on any atom is 0.307 e. The second-order valence-electron chi connectivity index (χ2n) is 5.54. The molecule has 0 bridgehead atoms. The zero-order chi connectivity index (χ0) is 16.1. The lowest BCUT2D eigenvalue weighted by molar-refractivity contribution is -0.136. The molecule has 3 aromatic carbocycles. The quantitative estimate of drug-likeness (QED) is 0.748. The van der Waals surface area contributed by atoms with Crippen LogP contribution in [0.3, 0.4) is 0 Å². The predicted octanol–water partition coefficient (Wildman–Crippen LogP) is 4.12. The second-order valence-corrected chi connectivity index (χ2v) is 5.54. The maximum absolute atomic E-state index is 10.6. The van der Waals surface area contributed by atoms with Gasteiger partial charge in [-0.3, -0.25) is 4.79 Å². The van der Waals surface area contributed by atoms with Crippen molar-refractivity contribution in [2.75, 3.05) is 11.9 Å². The van der Waals surface area contributed by atoms with E-state index in [1.165, 1.54) is 17.7 Å². The summed E-state index contributed by atoms with van der Waals surface area (Å²) in [7, 11) is 0. The third kappa shape index (κ3) is 3.69. The van der Waals surface area contributed by atoms with Gasteiger partial charge in [-0.1, -0.05) is 60.7 Å². The fraction of sp³-hybridized carbons (Fsp3) is 0.150. The molecular formula is C20H19NO2. The summed E-state index contributed by atoms with van der Waals surface area (Å²) in [4.78, 5) is 10.6. The number of nitrogens with one attached hydrogen (secondary N) is 1. The highest BCUT2D eigenvalue weighted by atomic mass is 16.4. The topological polar surface area (TPSA) is 49.3 Å². The highest BCUT2D eigenvalue weighted by Crippen LogP contribution is 2.20. The molecule has 3 aromatic rings. The van der Waals surface area contributed by atoms with Crippen molar-refractivity contribution < 1.29 is 9.90 Å². The van der Waals surface area contributed by atoms with Crippen molar-refractivity contribution in [2.24, 2.45) is 0 Å². The molecular weight excluding hydrogens is 286 g/mol. The van der Waals surface area contributed by atoms with Crippen molar-refractivity contribution in [1.82, 2.24) is 0 Å². The van der Waals surface area contributed by atoms with Crippen LogP contribution in [0, 0.1) is 0 Å². The van der Waals surface area contributed by atoms with Gasteiger partial charge in [-0.25, -0.2) is 0 Å². The number of anilines is 1. The highest BCUT2D eigenvalue weighted by molar-refractivity contribution is 5.88. The number of para-hydroxylation sites is 1. The number of aliphatic carboxylic acids is 1. The van der Waals surface area contributed by atoms with Gasteiger partial charge in [0.1, 0.15) is 0 Å². The average Bonchev–Trinajstić information content (AvgIpc) is 3.04. The Bertz CT molecular complexity index is 798. The molecule has 1 heterocycles. The van der Waals surface area contributed by atoms with Gasteiger partial charge >= 0.3 is 5.97 Å². The number of fused-ring (bicyclic) bond motifs is 2. The molecule has 23 heavy (non-hydrogen) atoms. The van der Waals surface area contributed by atoms with Crippen molar-refractivity contribution in [3.8, 4) is 0 Å². The molecule has 3 nitrogen and oxygen atoms in total. The number of hydrogen-bond acceptors (Lipinski definition) is 2. The van der Waals surface area contributed by atoms with E-state index in [4.69, 9.17) is 5.11 Å². The zero-order valence-corrected chi connectivity index (χ0v) is 12.8. The Labute approximate surface area is 135 Å². The third-order valence-electron chi connectivity index (χ3n) is 3.95. The second kappa shape index (κ2) is 6.97. The minimum Gasteiger partial charge on any atom is -0.481 e. The minimum atomic E-state index is -0.790. The van der Waals surface area contributed by atoms with Gasteiger partial charge in [0.2, 0.25) is 0 Å². The van der Waals surface area contributed by atoms with E-state index in [0.29, 0.717) is 0 Å². The van der Waals surface area contributed by atoms with Crippen LogP contribution in [0.15, 0.2) is 66.7 Å². The molecule has 0 saturated carbocycles. The number of hydrogen-bond donors (Lipinski definition) is 2. The molecule has 0 aromatic heterocycles. The normalized spacial score (nSPS) is 12.0. The number of rotatable bonds is 2. The number of benzene rings is 3. The first-order chi connectivity index (χ1) is 11.2. The third-order valence-corrected chi connectivity index (χ3v) is 3.95. The monoisotopic (exact) mass is 305 g/mol. The average molecular weight is 305 g/mol. The number of carboxylic acids is 1. The van der Waals surface area contributed by atoms with Crippen molar-refractivity contribution in [3.05, 3.63) is 77.9 Å². The van der Waals surface area contributed by atoms with Crippen LogP contribution in [0.1, 0.15) is 11.1 Å². The molecule has 4 rings (SSSR count). The lowest BCUT2D eigenvalue weighted by Crippen LogP contribution is -2.00. The highest BCUT2D eigenvalue weighted by Gasteiger charge is 2.06. The summed E-state index contributed by atoms with van der Waals surface area (Å²) in [6.07, 6.45) is 1.28. The minimum absolute atomic E-state index is 0.0847. The van der Waals surface area contributed by atoms with Crippen LogP contribution in [-0.2, 0) is 17.6 Å². The molecule has 1 aliphatic heterocycles. The smallest absolute Gasteiger partial charge is 0.307 e. The molecule has 0 saturated heterocycles. The summed E-state index contributed by atoms with van der Waals surface area (Å²) in [5.41, 5.74) is 3.64. The van der Waals surface area contributed by atoms with E-state index < -0.39 is 5.97 Å². The molecule has 3 heteroatoms. The number of carbonyl (C=O) groups is 1. The van der Waals surface area contributed by atoms with Crippen LogP contribution in [0.2, 0.25) is 0 Å². The Hall–Kier alpha value is -2.81. The standard InChI is InChI=1S/C12H10O2.C8H9N/c13-12(14)8-10-6-3-5-9-4-1-2-7-11(9)10;1-2-4-8-7(3-1)5-6-9-8/h1-7H,8H2,(H,13,14);1-4,9H,5-6H2. The van der Waals surface area contributed by atoms with E-state index in [-0.39, 0.29) is 6.42 Å². The number of carboxylic acid groups (broad SMARTS) is 1. The summed E-state index contributed by atoms with van der Waals surface area (Å²) in [5, 5.41) is 14.1. The molecule has 0 atom stereocenters. The van der Waals surface area contributed by atoms with E-state index in [1.54, 1.807) is 0 Å². The molecule has 2 N–H and O–H groups in total. The lowest BCUT2D eigenvalue weighted by atomic mass is 10.0. The Kier molecular flexibility index (Phi) is 4.57. The first-order valence-corrected chi connectivity index (χ1v) is 7.74. The summed E-state index contributed by atoms with van der Waals surface area (Å²) >= 11 is 0. The molecule has 0 spiro atoms. The lowest BCUT2D eigenvalue weighted by Gasteiger charge is -2.02. The molecule has 0 fully saturated rings. The molecule has 0 radical (unpaired) electrons. The molecule has 0 unspecified atom stereocenters. The van der Waals surface area contributed by atoms with Gasteiger partial charge in [-0.15, -0.1) is 0 Å². The Morgan fingerprint density at radius 3 is 2.52 bits per heavy atom. The van der Waals surface area contributed by atoms with Crippen molar-refractivity contribution in [1.29, 1.82) is 0 Å². The Morgan fingerprint density at radius 1 is 0.957 bits per heavy atom. The maximum atomic E-state index is 10.6. The largest absolute Gasteiger partial charge is 0.481 e. The van der Waals surface area contributed by atoms with Gasteiger partial charge in [-0.05, 0) is 34.4 Å². The van der Waals surface area contributed by atoms with Gasteiger partial charge in [0, 0.05) is 12.2 Å². The van der Waals surface area contributed by atoms with Crippen LogP contribution in [0.25, 0.3) is 10.8 Å². The fourth-order valence-electron chi connectivity index (χ4n) is 2.85. The van der Waals surface area contributed by atoms with Crippen molar-refractivity contribution >= 4 is 22.4 Å². The van der Waals surface area contributed by atoms with E-state index in [1.807, 2.05) is 42.5 Å². The zero-order valence-electron chi connectivity index (χ0n) is 12.8. The van der Waals surface area contributed by atoms with E-state index in [9.17, 15) is 4.79 Å². The summed E-state index contributed by atoms with van der Waals surface area (Å²) in [6, 6.07) is 22.0. The summed E-state index contributed by atoms with van der Waals surface area (Å²) in [5.74, 6) is -0.790. The molecule has 0 amide bonds. The van der Waals surface area contributed by atoms with Crippen LogP contribution in [-0.4, -0.2) is 17.6 Å². The van der Waals surface area contributed by atoms with Crippen LogP contribution in [0.4, 0.5) is 5.69 Å². The van der Waals surface area contributed by atoms with Crippen LogP contribution >= 0.6 is 0 Å². The Morgan fingerprint density at radius 2 is 1.70 bits per heavy atom. The van der Waals surface area contributed by atoms with E-state index in [2.05, 4.69) is 29.6 Å². The van der Waals surface area contributed by atoms with Crippen LogP contribution < -0.4 is 5.32 Å². The summed E-state index contributed by atoms with van der Waals surface area (Å²) < 4.78 is 0. The van der Waals surface area contributed by atoms with Crippen molar-refractivity contribution in [3.63, 3.8) is 0 Å². The fourth-order valence-corrected chi connectivity index (χ4v) is 2.85. The Balaban J connectivity index is 0.000000149. The van der Waals surface area contributed by atoms with Crippen LogP contribution in [0.5, 0.6) is 0 Å². The first kappa shape index (κ1) is 15.1. The van der Waals surface area contributed by atoms with Gasteiger partial charge in [0.25, 0.3) is 0 Å². The SMILES string of the molecule is O=C(O)Cc1cccc2ccccc12.c1ccc2c(c1)CCN2. The van der Waals surface area contributed by atoms with Crippen molar-refractivity contribution in [2.45, 2.75) is 12.8 Å². The summed E-state index contributed by atoms with van der Waals surface area (Å²) in [6.45, 7) is 1.11. The van der Waals surface area contributed by atoms with Gasteiger partial charge in [0.15, 0.2) is 0 Å². The van der Waals surface area contributed by atoms with Gasteiger partial charge < -0.3 is 10.4 Å². The van der Waals surface area contributed by atoms with Gasteiger partial charge in [-0.2, -0.15) is 0 Å². The van der Waals surface area contributed by atoms with E-state index in [0.717, 1.165) is 22.9 Å². The van der Waals surface area contributed by atoms with E-state index >= 15 is 0 Å². The molecule has 116 valence electrons. The van der Waals surface area contributed by atoms with Gasteiger partial charge in [0.05, 0.1) is 6.42 Å².